The van der Waals surface area contributed by atoms with Gasteiger partial charge in [0.25, 0.3) is 0 Å². The smallest absolute Gasteiger partial charge is 0.191 e. The predicted molar refractivity (Wildman–Crippen MR) is 119 cm³/mol. The van der Waals surface area contributed by atoms with Gasteiger partial charge in [-0.2, -0.15) is 11.8 Å². The number of aromatic nitrogens is 1. The fraction of sp³-hybridized carbons (Fsp3) is 0.500. The van der Waals surface area contributed by atoms with Crippen LogP contribution in [0.15, 0.2) is 29.4 Å². The Labute approximate surface area is 170 Å². The zero-order chi connectivity index (χ0) is 17.6. The molecule has 4 nitrogen and oxygen atoms in total. The van der Waals surface area contributed by atoms with Gasteiger partial charge in [0.1, 0.15) is 5.82 Å². The third kappa shape index (κ3) is 6.69. The molecule has 0 bridgehead atoms. The number of guanidine groups is 1. The molecule has 0 saturated carbocycles. The second kappa shape index (κ2) is 10.3. The monoisotopic (exact) mass is 478 g/mol. The highest BCUT2D eigenvalue weighted by atomic mass is 127. The molecule has 2 rings (SSSR count). The van der Waals surface area contributed by atoms with Crippen molar-refractivity contribution >= 4 is 52.6 Å². The van der Waals surface area contributed by atoms with Crippen LogP contribution in [-0.2, 0) is 6.42 Å². The lowest BCUT2D eigenvalue weighted by Crippen LogP contribution is -2.39. The van der Waals surface area contributed by atoms with Crippen LogP contribution in [0.25, 0.3) is 10.9 Å². The molecule has 7 heteroatoms. The van der Waals surface area contributed by atoms with E-state index in [0.29, 0.717) is 0 Å². The van der Waals surface area contributed by atoms with Crippen LogP contribution >= 0.6 is 35.7 Å². The molecule has 0 radical (unpaired) electrons. The number of H-pyrrole nitrogens is 1. The SMILES string of the molecule is CCNC(=NCC(C)(C)SC)NCCc1c[nH]c2ccc(F)cc12.I. The molecule has 0 amide bonds. The number of fused-ring (bicyclic) bond motifs is 1. The summed E-state index contributed by atoms with van der Waals surface area (Å²) >= 11 is 1.81. The van der Waals surface area contributed by atoms with Gasteiger partial charge in [-0.25, -0.2) is 4.39 Å². The molecule has 0 aliphatic carbocycles. The highest BCUT2D eigenvalue weighted by Gasteiger charge is 2.15. The molecule has 1 heterocycles. The van der Waals surface area contributed by atoms with Gasteiger partial charge in [-0.3, -0.25) is 4.99 Å². The molecule has 1 aromatic heterocycles. The summed E-state index contributed by atoms with van der Waals surface area (Å²) in [6.07, 6.45) is 4.86. The van der Waals surface area contributed by atoms with E-state index in [4.69, 9.17) is 0 Å². The topological polar surface area (TPSA) is 52.2 Å². The molecule has 0 saturated heterocycles. The Morgan fingerprint density at radius 3 is 2.76 bits per heavy atom. The van der Waals surface area contributed by atoms with Gasteiger partial charge in [0, 0.05) is 34.9 Å². The molecule has 25 heavy (non-hydrogen) atoms. The zero-order valence-corrected chi connectivity index (χ0v) is 18.4. The van der Waals surface area contributed by atoms with E-state index in [-0.39, 0.29) is 34.5 Å². The van der Waals surface area contributed by atoms with Crippen LogP contribution in [0.3, 0.4) is 0 Å². The molecule has 1 aromatic carbocycles. The van der Waals surface area contributed by atoms with Crippen LogP contribution in [0.1, 0.15) is 26.3 Å². The fourth-order valence-electron chi connectivity index (χ4n) is 2.35. The van der Waals surface area contributed by atoms with E-state index in [2.05, 4.69) is 47.6 Å². The molecular formula is C18H28FIN4S. The van der Waals surface area contributed by atoms with E-state index in [9.17, 15) is 4.39 Å². The van der Waals surface area contributed by atoms with Crippen molar-refractivity contribution in [3.63, 3.8) is 0 Å². The number of hydrogen-bond acceptors (Lipinski definition) is 2. The van der Waals surface area contributed by atoms with Crippen LogP contribution in [0, 0.1) is 5.82 Å². The molecule has 0 aliphatic heterocycles. The molecule has 0 aliphatic rings. The average molecular weight is 478 g/mol. The standard InChI is InChI=1S/C18H27FN4S.HI/c1-5-20-17(23-12-18(2,3)24-4)21-9-8-13-11-22-16-7-6-14(19)10-15(13)16;/h6-7,10-11,22H,5,8-9,12H2,1-4H3,(H2,20,21,23);1H. The van der Waals surface area contributed by atoms with E-state index >= 15 is 0 Å². The van der Waals surface area contributed by atoms with Gasteiger partial charge in [-0.15, -0.1) is 24.0 Å². The number of rotatable bonds is 7. The Morgan fingerprint density at radius 1 is 1.32 bits per heavy atom. The molecule has 140 valence electrons. The van der Waals surface area contributed by atoms with Crippen molar-refractivity contribution in [2.45, 2.75) is 31.9 Å². The van der Waals surface area contributed by atoms with Crippen LogP contribution in [0.5, 0.6) is 0 Å². The number of benzene rings is 1. The summed E-state index contributed by atoms with van der Waals surface area (Å²) < 4.78 is 13.6. The molecular weight excluding hydrogens is 450 g/mol. The van der Waals surface area contributed by atoms with Gasteiger partial charge >= 0.3 is 0 Å². The minimum atomic E-state index is -0.203. The maximum atomic E-state index is 13.4. The third-order valence-corrected chi connectivity index (χ3v) is 5.17. The first-order valence-electron chi connectivity index (χ1n) is 8.28. The summed E-state index contributed by atoms with van der Waals surface area (Å²) in [5.74, 6) is 0.621. The highest BCUT2D eigenvalue weighted by molar-refractivity contribution is 14.0. The first-order valence-corrected chi connectivity index (χ1v) is 9.50. The van der Waals surface area contributed by atoms with Gasteiger partial charge in [-0.05, 0) is 57.2 Å². The summed E-state index contributed by atoms with van der Waals surface area (Å²) in [5.41, 5.74) is 2.07. The van der Waals surface area contributed by atoms with Crippen molar-refractivity contribution in [1.82, 2.24) is 15.6 Å². The van der Waals surface area contributed by atoms with Gasteiger partial charge in [0.15, 0.2) is 5.96 Å². The van der Waals surface area contributed by atoms with Crippen molar-refractivity contribution in [3.05, 3.63) is 35.8 Å². The number of thioether (sulfide) groups is 1. The molecule has 0 spiro atoms. The number of nitrogens with zero attached hydrogens (tertiary/aromatic N) is 1. The normalized spacial score (nSPS) is 12.1. The Balaban J connectivity index is 0.00000312. The fourth-order valence-corrected chi connectivity index (χ4v) is 2.54. The molecule has 3 N–H and O–H groups in total. The van der Waals surface area contributed by atoms with E-state index in [0.717, 1.165) is 48.5 Å². The quantitative estimate of drug-likeness (QED) is 0.318. The van der Waals surface area contributed by atoms with Gasteiger partial charge in [0.05, 0.1) is 6.54 Å². The van der Waals surface area contributed by atoms with Crippen LogP contribution in [0.4, 0.5) is 4.39 Å². The molecule has 0 unspecified atom stereocenters. The van der Waals surface area contributed by atoms with Crippen molar-refractivity contribution in [2.75, 3.05) is 25.9 Å². The first kappa shape index (κ1) is 22.1. The van der Waals surface area contributed by atoms with Crippen LogP contribution < -0.4 is 10.6 Å². The molecule has 0 atom stereocenters. The summed E-state index contributed by atoms with van der Waals surface area (Å²) in [6.45, 7) is 8.75. The lowest BCUT2D eigenvalue weighted by atomic mass is 10.1. The van der Waals surface area contributed by atoms with Crippen molar-refractivity contribution < 1.29 is 4.39 Å². The highest BCUT2D eigenvalue weighted by Crippen LogP contribution is 2.21. The zero-order valence-electron chi connectivity index (χ0n) is 15.3. The number of nitrogens with one attached hydrogen (secondary N) is 3. The van der Waals surface area contributed by atoms with Gasteiger partial charge in [-0.1, -0.05) is 0 Å². The van der Waals surface area contributed by atoms with E-state index in [1.165, 1.54) is 6.07 Å². The van der Waals surface area contributed by atoms with Crippen molar-refractivity contribution in [3.8, 4) is 0 Å². The number of aromatic amines is 1. The van der Waals surface area contributed by atoms with E-state index in [1.807, 2.05) is 18.0 Å². The Hall–Kier alpha value is -0.960. The lowest BCUT2D eigenvalue weighted by Gasteiger charge is -2.20. The van der Waals surface area contributed by atoms with Gasteiger partial charge < -0.3 is 15.6 Å². The van der Waals surface area contributed by atoms with Crippen LogP contribution in [-0.4, -0.2) is 41.6 Å². The van der Waals surface area contributed by atoms with E-state index < -0.39 is 0 Å². The Bertz CT molecular complexity index is 699. The van der Waals surface area contributed by atoms with Gasteiger partial charge in [0.2, 0.25) is 0 Å². The second-order valence-corrected chi connectivity index (χ2v) is 7.85. The van der Waals surface area contributed by atoms with Crippen molar-refractivity contribution in [2.24, 2.45) is 4.99 Å². The summed E-state index contributed by atoms with van der Waals surface area (Å²) in [4.78, 5) is 7.85. The number of hydrogen-bond donors (Lipinski definition) is 3. The lowest BCUT2D eigenvalue weighted by molar-refractivity contribution is 0.629. The van der Waals surface area contributed by atoms with Crippen LogP contribution in [0.2, 0.25) is 0 Å². The maximum absolute atomic E-state index is 13.4. The predicted octanol–water partition coefficient (Wildman–Crippen LogP) is 4.16. The van der Waals surface area contributed by atoms with E-state index in [1.54, 1.807) is 12.1 Å². The second-order valence-electron chi connectivity index (χ2n) is 6.34. The average Bonchev–Trinajstić information content (AvgIpc) is 2.95. The maximum Gasteiger partial charge on any atom is 0.191 e. The Morgan fingerprint density at radius 2 is 2.08 bits per heavy atom. The summed E-state index contributed by atoms with van der Waals surface area (Å²) in [7, 11) is 0. The van der Waals surface area contributed by atoms with Crippen molar-refractivity contribution in [1.29, 1.82) is 0 Å². The summed E-state index contributed by atoms with van der Waals surface area (Å²) in [5, 5.41) is 7.57. The number of aliphatic imine (C=N–C) groups is 1. The molecule has 0 fully saturated rings. The molecule has 2 aromatic rings. The first-order chi connectivity index (χ1) is 11.4. The number of halogens is 2. The minimum Gasteiger partial charge on any atom is -0.361 e. The minimum absolute atomic E-state index is 0. The largest absolute Gasteiger partial charge is 0.361 e. The Kier molecular flexibility index (Phi) is 9.06. The third-order valence-electron chi connectivity index (χ3n) is 3.93. The summed E-state index contributed by atoms with van der Waals surface area (Å²) in [6, 6.07) is 4.84.